The van der Waals surface area contributed by atoms with Gasteiger partial charge in [-0.2, -0.15) is 4.99 Å². The van der Waals surface area contributed by atoms with Crippen LogP contribution in [-0.2, 0) is 4.79 Å². The Morgan fingerprint density at radius 3 is 2.78 bits per heavy atom. The molecular formula is C19H23ClN6O. The second-order valence-electron chi connectivity index (χ2n) is 6.67. The lowest BCUT2D eigenvalue weighted by molar-refractivity contribution is -0.106. The fourth-order valence-electron chi connectivity index (χ4n) is 3.36. The fourth-order valence-corrected chi connectivity index (χ4v) is 3.55. The number of hydrogen-bond acceptors (Lipinski definition) is 5. The Kier molecular flexibility index (Phi) is 6.24. The van der Waals surface area contributed by atoms with Gasteiger partial charge in [0.2, 0.25) is 6.41 Å². The van der Waals surface area contributed by atoms with E-state index in [4.69, 9.17) is 23.1 Å². The van der Waals surface area contributed by atoms with E-state index < -0.39 is 0 Å². The number of rotatable bonds is 6. The van der Waals surface area contributed by atoms with Crippen LogP contribution in [0.1, 0.15) is 37.9 Å². The molecule has 0 spiro atoms. The lowest BCUT2D eigenvalue weighted by Gasteiger charge is -2.23. The van der Waals surface area contributed by atoms with Crippen molar-refractivity contribution in [1.29, 1.82) is 0 Å². The Morgan fingerprint density at radius 1 is 1.30 bits per heavy atom. The van der Waals surface area contributed by atoms with Crippen LogP contribution >= 0.6 is 11.6 Å². The third-order valence-corrected chi connectivity index (χ3v) is 4.98. The molecule has 27 heavy (non-hydrogen) atoms. The van der Waals surface area contributed by atoms with Crippen LogP contribution in [0.25, 0.3) is 11.3 Å². The standard InChI is InChI=1S/C19H23ClN6O/c20-14-8-4-7-13(9-14)15-16(23-10-12-5-2-1-3-6-12)17(21)26-19(25-15)18(22)24-11-27/h4,7-9,11-12,23H,1-3,5-6,10H2,(H2,21,25,26)(H2,22,24,27). The number of amides is 1. The van der Waals surface area contributed by atoms with Gasteiger partial charge >= 0.3 is 0 Å². The second kappa shape index (κ2) is 8.81. The zero-order valence-corrected chi connectivity index (χ0v) is 15.7. The molecule has 0 unspecified atom stereocenters. The van der Waals surface area contributed by atoms with Crippen LogP contribution < -0.4 is 16.8 Å². The smallest absolute Gasteiger partial charge is 0.234 e. The van der Waals surface area contributed by atoms with Crippen LogP contribution in [-0.4, -0.2) is 28.8 Å². The van der Waals surface area contributed by atoms with Gasteiger partial charge in [-0.1, -0.05) is 43.0 Å². The summed E-state index contributed by atoms with van der Waals surface area (Å²) in [6.07, 6.45) is 6.59. The summed E-state index contributed by atoms with van der Waals surface area (Å²) in [5.41, 5.74) is 14.0. The van der Waals surface area contributed by atoms with Gasteiger partial charge in [0.25, 0.3) is 0 Å². The van der Waals surface area contributed by atoms with Crippen LogP contribution in [0.4, 0.5) is 11.5 Å². The maximum Gasteiger partial charge on any atom is 0.234 e. The Balaban J connectivity index is 1.99. The van der Waals surface area contributed by atoms with E-state index in [1.807, 2.05) is 12.1 Å². The number of nitrogens with zero attached hydrogens (tertiary/aromatic N) is 3. The highest BCUT2D eigenvalue weighted by Gasteiger charge is 2.19. The molecule has 1 heterocycles. The zero-order chi connectivity index (χ0) is 19.2. The van der Waals surface area contributed by atoms with Crippen LogP contribution in [0, 0.1) is 5.92 Å². The number of halogens is 1. The highest BCUT2D eigenvalue weighted by Crippen LogP contribution is 2.33. The van der Waals surface area contributed by atoms with Crippen molar-refractivity contribution in [1.82, 2.24) is 9.97 Å². The lowest BCUT2D eigenvalue weighted by atomic mass is 9.89. The van der Waals surface area contributed by atoms with Crippen LogP contribution in [0.15, 0.2) is 29.3 Å². The van der Waals surface area contributed by atoms with Gasteiger partial charge in [0.15, 0.2) is 17.5 Å². The summed E-state index contributed by atoms with van der Waals surface area (Å²) in [7, 11) is 0. The van der Waals surface area contributed by atoms with Crippen LogP contribution in [0.5, 0.6) is 0 Å². The minimum Gasteiger partial charge on any atom is -0.382 e. The minimum absolute atomic E-state index is 0.0844. The number of carbonyl (C=O) groups excluding carboxylic acids is 1. The molecule has 1 aliphatic rings. The predicted octanol–water partition coefficient (Wildman–Crippen LogP) is 3.23. The van der Waals surface area contributed by atoms with Crippen molar-refractivity contribution in [2.24, 2.45) is 16.6 Å². The highest BCUT2D eigenvalue weighted by molar-refractivity contribution is 6.30. The van der Waals surface area contributed by atoms with Crippen molar-refractivity contribution in [3.05, 3.63) is 35.1 Å². The molecule has 1 aromatic heterocycles. The van der Waals surface area contributed by atoms with E-state index in [9.17, 15) is 4.79 Å². The van der Waals surface area contributed by atoms with Crippen molar-refractivity contribution in [2.45, 2.75) is 32.1 Å². The average molecular weight is 387 g/mol. The van der Waals surface area contributed by atoms with Crippen LogP contribution in [0.2, 0.25) is 5.02 Å². The van der Waals surface area contributed by atoms with Crippen molar-refractivity contribution in [3.63, 3.8) is 0 Å². The van der Waals surface area contributed by atoms with Crippen molar-refractivity contribution >= 4 is 35.4 Å². The number of nitrogen functional groups attached to an aromatic ring is 1. The topological polar surface area (TPSA) is 119 Å². The van der Waals surface area contributed by atoms with Crippen molar-refractivity contribution < 1.29 is 4.79 Å². The Hall–Kier alpha value is -2.67. The molecule has 1 aliphatic carbocycles. The van der Waals surface area contributed by atoms with Gasteiger partial charge in [-0.25, -0.2) is 9.97 Å². The number of anilines is 2. The van der Waals surface area contributed by atoms with E-state index in [-0.39, 0.29) is 17.5 Å². The highest BCUT2D eigenvalue weighted by atomic mass is 35.5. The molecule has 5 N–H and O–H groups in total. The molecule has 0 bridgehead atoms. The number of carbonyl (C=O) groups is 1. The largest absolute Gasteiger partial charge is 0.382 e. The molecule has 1 saturated carbocycles. The van der Waals surface area contributed by atoms with Gasteiger partial charge in [0, 0.05) is 17.1 Å². The third kappa shape index (κ3) is 4.74. The molecule has 8 heteroatoms. The SMILES string of the molecule is NC(=NC=O)c1nc(N)c(NCC2CCCCC2)c(-c2cccc(Cl)c2)n1. The lowest BCUT2D eigenvalue weighted by Crippen LogP contribution is -2.22. The van der Waals surface area contributed by atoms with Gasteiger partial charge in [-0.05, 0) is 30.9 Å². The molecule has 3 rings (SSSR count). The first kappa shape index (κ1) is 19.1. The van der Waals surface area contributed by atoms with E-state index in [0.29, 0.717) is 28.7 Å². The summed E-state index contributed by atoms with van der Waals surface area (Å²) in [6, 6.07) is 7.31. The van der Waals surface area contributed by atoms with E-state index >= 15 is 0 Å². The molecule has 7 nitrogen and oxygen atoms in total. The van der Waals surface area contributed by atoms with Crippen molar-refractivity contribution in [2.75, 3.05) is 17.6 Å². The summed E-state index contributed by atoms with van der Waals surface area (Å²) >= 11 is 6.15. The predicted molar refractivity (Wildman–Crippen MR) is 109 cm³/mol. The first-order valence-corrected chi connectivity index (χ1v) is 9.41. The summed E-state index contributed by atoms with van der Waals surface area (Å²) in [6.45, 7) is 0.804. The number of nitrogens with two attached hydrogens (primary N) is 2. The first-order valence-electron chi connectivity index (χ1n) is 9.03. The van der Waals surface area contributed by atoms with Gasteiger partial charge in [-0.15, -0.1) is 0 Å². The first-order chi connectivity index (χ1) is 13.1. The number of nitrogens with one attached hydrogen (secondary N) is 1. The van der Waals surface area contributed by atoms with E-state index in [1.54, 1.807) is 12.1 Å². The maximum absolute atomic E-state index is 10.6. The van der Waals surface area contributed by atoms with Gasteiger partial charge in [0.1, 0.15) is 5.69 Å². The van der Waals surface area contributed by atoms with E-state index in [1.165, 1.54) is 32.1 Å². The van der Waals surface area contributed by atoms with Gasteiger partial charge in [-0.3, -0.25) is 4.79 Å². The number of hydrogen-bond donors (Lipinski definition) is 3. The minimum atomic E-state index is -0.0844. The third-order valence-electron chi connectivity index (χ3n) is 4.75. The molecular weight excluding hydrogens is 364 g/mol. The number of benzene rings is 1. The van der Waals surface area contributed by atoms with Gasteiger partial charge < -0.3 is 16.8 Å². The Labute approximate surface area is 163 Å². The normalized spacial score (nSPS) is 15.5. The van der Waals surface area contributed by atoms with Gasteiger partial charge in [0.05, 0.1) is 5.69 Å². The Morgan fingerprint density at radius 2 is 2.07 bits per heavy atom. The van der Waals surface area contributed by atoms with E-state index in [2.05, 4.69) is 20.3 Å². The average Bonchev–Trinajstić information content (AvgIpc) is 2.67. The molecule has 1 aromatic carbocycles. The molecule has 2 aromatic rings. The number of amidine groups is 1. The van der Waals surface area contributed by atoms with E-state index in [0.717, 1.165) is 12.1 Å². The van der Waals surface area contributed by atoms with Crippen molar-refractivity contribution in [3.8, 4) is 11.3 Å². The quantitative estimate of drug-likeness (QED) is 0.398. The molecule has 0 aliphatic heterocycles. The fraction of sp³-hybridized carbons (Fsp3) is 0.368. The zero-order valence-electron chi connectivity index (χ0n) is 15.0. The van der Waals surface area contributed by atoms with Crippen LogP contribution in [0.3, 0.4) is 0 Å². The summed E-state index contributed by atoms with van der Waals surface area (Å²) in [4.78, 5) is 22.9. The summed E-state index contributed by atoms with van der Waals surface area (Å²) in [5.74, 6) is 0.887. The molecule has 0 radical (unpaired) electrons. The molecule has 1 fully saturated rings. The second-order valence-corrected chi connectivity index (χ2v) is 7.11. The molecule has 0 atom stereocenters. The summed E-state index contributed by atoms with van der Waals surface area (Å²) < 4.78 is 0. The molecule has 1 amide bonds. The monoisotopic (exact) mass is 386 g/mol. The maximum atomic E-state index is 10.6. The number of aromatic nitrogens is 2. The molecule has 142 valence electrons. The molecule has 0 saturated heterocycles. The number of aliphatic imine (C=N–C) groups is 1. The Bertz CT molecular complexity index is 848. The summed E-state index contributed by atoms with van der Waals surface area (Å²) in [5, 5.41) is 4.01.